The fourth-order valence-corrected chi connectivity index (χ4v) is 2.66. The van der Waals surface area contributed by atoms with Crippen molar-refractivity contribution in [3.8, 4) is 0 Å². The van der Waals surface area contributed by atoms with E-state index in [4.69, 9.17) is 0 Å². The van der Waals surface area contributed by atoms with Gasteiger partial charge >= 0.3 is 0 Å². The second-order valence-corrected chi connectivity index (χ2v) is 6.85. The molecule has 18 heavy (non-hydrogen) atoms. The highest BCUT2D eigenvalue weighted by atomic mass is 79.9. The topological polar surface area (TPSA) is 12.0 Å². The Morgan fingerprint density at radius 1 is 1.22 bits per heavy atom. The van der Waals surface area contributed by atoms with Gasteiger partial charge in [0.1, 0.15) is 0 Å². The fourth-order valence-electron chi connectivity index (χ4n) is 2.05. The lowest BCUT2D eigenvalue weighted by Gasteiger charge is -2.26. The maximum atomic E-state index is 3.68. The van der Waals surface area contributed by atoms with Gasteiger partial charge in [-0.1, -0.05) is 53.9 Å². The lowest BCUT2D eigenvalue weighted by molar-refractivity contribution is 0.395. The predicted molar refractivity (Wildman–Crippen MR) is 84.2 cm³/mol. The third-order valence-electron chi connectivity index (χ3n) is 3.13. The molecule has 0 fully saturated rings. The van der Waals surface area contributed by atoms with Crippen molar-refractivity contribution in [2.24, 2.45) is 0 Å². The molecule has 1 nitrogen and oxygen atoms in total. The molecule has 1 unspecified atom stereocenters. The summed E-state index contributed by atoms with van der Waals surface area (Å²) < 4.78 is 1.24. The van der Waals surface area contributed by atoms with Crippen molar-refractivity contribution in [2.75, 3.05) is 6.54 Å². The summed E-state index contributed by atoms with van der Waals surface area (Å²) >= 11 is 3.68. The molecule has 2 heteroatoms. The van der Waals surface area contributed by atoms with E-state index in [9.17, 15) is 0 Å². The van der Waals surface area contributed by atoms with Gasteiger partial charge < -0.3 is 5.32 Å². The van der Waals surface area contributed by atoms with Crippen LogP contribution in [0.5, 0.6) is 0 Å². The molecule has 0 bridgehead atoms. The Balaban J connectivity index is 2.75. The Hall–Kier alpha value is -0.340. The van der Waals surface area contributed by atoms with Gasteiger partial charge in [0, 0.05) is 16.6 Å². The predicted octanol–water partition coefficient (Wildman–Crippen LogP) is 5.11. The van der Waals surface area contributed by atoms with Crippen LogP contribution < -0.4 is 5.32 Å². The van der Waals surface area contributed by atoms with Crippen LogP contribution in [0.3, 0.4) is 0 Å². The monoisotopic (exact) mass is 311 g/mol. The van der Waals surface area contributed by atoms with Gasteiger partial charge in [-0.3, -0.25) is 0 Å². The Bertz CT molecular complexity index is 354. The standard InChI is InChI=1S/C16H26BrN/c1-5-6-9-13(12-18-16(2,3)4)14-10-7-8-11-15(14)17/h7-8,10-11,13,18H,5-6,9,12H2,1-4H3. The minimum Gasteiger partial charge on any atom is -0.311 e. The van der Waals surface area contributed by atoms with Crippen LogP contribution in [-0.4, -0.2) is 12.1 Å². The Kier molecular flexibility index (Phi) is 6.37. The zero-order valence-corrected chi connectivity index (χ0v) is 13.7. The van der Waals surface area contributed by atoms with Crippen molar-refractivity contribution < 1.29 is 0 Å². The number of unbranched alkanes of at least 4 members (excludes halogenated alkanes) is 1. The van der Waals surface area contributed by atoms with Crippen LogP contribution in [-0.2, 0) is 0 Å². The highest BCUT2D eigenvalue weighted by molar-refractivity contribution is 9.10. The number of halogens is 1. The summed E-state index contributed by atoms with van der Waals surface area (Å²) in [4.78, 5) is 0. The van der Waals surface area contributed by atoms with Crippen LogP contribution in [0.1, 0.15) is 58.4 Å². The number of nitrogens with one attached hydrogen (secondary N) is 1. The first kappa shape index (κ1) is 15.7. The largest absolute Gasteiger partial charge is 0.311 e. The molecule has 0 aliphatic carbocycles. The van der Waals surface area contributed by atoms with Crippen molar-refractivity contribution in [1.29, 1.82) is 0 Å². The van der Waals surface area contributed by atoms with Gasteiger partial charge in [-0.05, 0) is 44.7 Å². The minimum atomic E-state index is 0.186. The third-order valence-corrected chi connectivity index (χ3v) is 3.85. The average Bonchev–Trinajstić information content (AvgIpc) is 2.29. The summed E-state index contributed by atoms with van der Waals surface area (Å²) in [6.07, 6.45) is 3.80. The van der Waals surface area contributed by atoms with Crippen LogP contribution in [0.25, 0.3) is 0 Å². The normalized spacial score (nSPS) is 13.6. The van der Waals surface area contributed by atoms with Gasteiger partial charge in [0.15, 0.2) is 0 Å². The van der Waals surface area contributed by atoms with E-state index in [2.05, 4.69) is 73.2 Å². The highest BCUT2D eigenvalue weighted by Gasteiger charge is 2.17. The Labute approximate surface area is 120 Å². The molecule has 1 atom stereocenters. The van der Waals surface area contributed by atoms with Crippen molar-refractivity contribution in [3.05, 3.63) is 34.3 Å². The van der Waals surface area contributed by atoms with E-state index in [-0.39, 0.29) is 5.54 Å². The molecular formula is C16H26BrN. The van der Waals surface area contributed by atoms with Crippen LogP contribution in [0, 0.1) is 0 Å². The highest BCUT2D eigenvalue weighted by Crippen LogP contribution is 2.28. The molecule has 1 rings (SSSR count). The zero-order chi connectivity index (χ0) is 13.6. The van der Waals surface area contributed by atoms with Gasteiger partial charge in [-0.2, -0.15) is 0 Å². The van der Waals surface area contributed by atoms with Crippen molar-refractivity contribution >= 4 is 15.9 Å². The van der Waals surface area contributed by atoms with Crippen molar-refractivity contribution in [2.45, 2.75) is 58.4 Å². The first-order valence-corrected chi connectivity index (χ1v) is 7.73. The SMILES string of the molecule is CCCCC(CNC(C)(C)C)c1ccccc1Br. The molecule has 0 aliphatic rings. The van der Waals surface area contributed by atoms with Gasteiger partial charge in [-0.15, -0.1) is 0 Å². The summed E-state index contributed by atoms with van der Waals surface area (Å²) in [5, 5.41) is 3.64. The Morgan fingerprint density at radius 3 is 2.44 bits per heavy atom. The molecule has 0 amide bonds. The first-order valence-electron chi connectivity index (χ1n) is 6.93. The zero-order valence-electron chi connectivity index (χ0n) is 12.1. The number of hydrogen-bond donors (Lipinski definition) is 1. The molecule has 1 aromatic carbocycles. The maximum absolute atomic E-state index is 3.68. The lowest BCUT2D eigenvalue weighted by Crippen LogP contribution is -2.38. The molecule has 0 spiro atoms. The second kappa shape index (κ2) is 7.30. The first-order chi connectivity index (χ1) is 8.44. The fraction of sp³-hybridized carbons (Fsp3) is 0.625. The lowest BCUT2D eigenvalue weighted by atomic mass is 9.92. The average molecular weight is 312 g/mol. The van der Waals surface area contributed by atoms with Crippen molar-refractivity contribution in [1.82, 2.24) is 5.32 Å². The summed E-state index contributed by atoms with van der Waals surface area (Å²) in [5.74, 6) is 0.597. The van der Waals surface area contributed by atoms with Gasteiger partial charge in [0.25, 0.3) is 0 Å². The van der Waals surface area contributed by atoms with Crippen LogP contribution in [0.2, 0.25) is 0 Å². The third kappa shape index (κ3) is 5.53. The molecule has 0 aromatic heterocycles. The molecule has 1 N–H and O–H groups in total. The molecule has 102 valence electrons. The van der Waals surface area contributed by atoms with Gasteiger partial charge in [0.2, 0.25) is 0 Å². The molecule has 0 aliphatic heterocycles. The molecule has 0 radical (unpaired) electrons. The van der Waals surface area contributed by atoms with Gasteiger partial charge in [0.05, 0.1) is 0 Å². The number of hydrogen-bond acceptors (Lipinski definition) is 1. The van der Waals surface area contributed by atoms with E-state index >= 15 is 0 Å². The van der Waals surface area contributed by atoms with Crippen LogP contribution in [0.15, 0.2) is 28.7 Å². The van der Waals surface area contributed by atoms with Crippen LogP contribution >= 0.6 is 15.9 Å². The van der Waals surface area contributed by atoms with Crippen LogP contribution in [0.4, 0.5) is 0 Å². The molecule has 0 saturated carbocycles. The van der Waals surface area contributed by atoms with E-state index in [0.717, 1.165) is 6.54 Å². The maximum Gasteiger partial charge on any atom is 0.0210 e. The van der Waals surface area contributed by atoms with Crippen molar-refractivity contribution in [3.63, 3.8) is 0 Å². The quantitative estimate of drug-likeness (QED) is 0.769. The molecule has 0 heterocycles. The Morgan fingerprint density at radius 2 is 1.89 bits per heavy atom. The van der Waals surface area contributed by atoms with E-state index in [0.29, 0.717) is 5.92 Å². The molecular weight excluding hydrogens is 286 g/mol. The van der Waals surface area contributed by atoms with E-state index in [1.54, 1.807) is 0 Å². The summed E-state index contributed by atoms with van der Waals surface area (Å²) in [5.41, 5.74) is 1.62. The summed E-state index contributed by atoms with van der Waals surface area (Å²) in [7, 11) is 0. The van der Waals surface area contributed by atoms with E-state index in [1.165, 1.54) is 29.3 Å². The number of benzene rings is 1. The van der Waals surface area contributed by atoms with E-state index < -0.39 is 0 Å². The van der Waals surface area contributed by atoms with E-state index in [1.807, 2.05) is 0 Å². The minimum absolute atomic E-state index is 0.186. The molecule has 1 aromatic rings. The molecule has 0 saturated heterocycles. The summed E-state index contributed by atoms with van der Waals surface area (Å²) in [6.45, 7) is 9.98. The summed E-state index contributed by atoms with van der Waals surface area (Å²) in [6, 6.07) is 8.61. The van der Waals surface area contributed by atoms with Gasteiger partial charge in [-0.25, -0.2) is 0 Å². The second-order valence-electron chi connectivity index (χ2n) is 5.99. The smallest absolute Gasteiger partial charge is 0.0210 e. The number of rotatable bonds is 6.